The number of non-ortho nitro benzene ring substituents is 1. The largest absolute Gasteiger partial charge is 0.480 e. The number of nitrogens with zero attached hydrogens (tertiary/aromatic N) is 1. The molecule has 0 aliphatic rings. The number of nitro groups is 1. The summed E-state index contributed by atoms with van der Waals surface area (Å²) in [7, 11) is 0. The van der Waals surface area contributed by atoms with E-state index in [0.717, 1.165) is 23.9 Å². The lowest BCUT2D eigenvalue weighted by molar-refractivity contribution is -0.384. The van der Waals surface area contributed by atoms with Crippen molar-refractivity contribution in [2.75, 3.05) is 0 Å². The van der Waals surface area contributed by atoms with Crippen LogP contribution in [0.3, 0.4) is 0 Å². The maximum atomic E-state index is 10.7. The number of hydrogen-bond acceptors (Lipinski definition) is 4. The fourth-order valence-corrected chi connectivity index (χ4v) is 2.53. The van der Waals surface area contributed by atoms with Crippen LogP contribution in [-0.2, 0) is 4.79 Å². The number of carboxylic acids is 1. The lowest BCUT2D eigenvalue weighted by Gasteiger charge is -2.09. The standard InChI is InChI=1S/C9H7Cl2NO4S/c1-4(9(13)14)17-8-6(10)2-5(12(15)16)3-7(8)11/h2-4H,1H3,(H,13,14). The van der Waals surface area contributed by atoms with Gasteiger partial charge in [0.05, 0.1) is 15.0 Å². The van der Waals surface area contributed by atoms with Gasteiger partial charge in [-0.1, -0.05) is 23.2 Å². The molecule has 1 N–H and O–H groups in total. The summed E-state index contributed by atoms with van der Waals surface area (Å²) in [6.07, 6.45) is 0. The summed E-state index contributed by atoms with van der Waals surface area (Å²) in [6.45, 7) is 1.47. The summed E-state index contributed by atoms with van der Waals surface area (Å²) >= 11 is 12.6. The van der Waals surface area contributed by atoms with Crippen molar-refractivity contribution in [2.24, 2.45) is 0 Å². The van der Waals surface area contributed by atoms with Crippen LogP contribution in [0.5, 0.6) is 0 Å². The van der Waals surface area contributed by atoms with E-state index in [-0.39, 0.29) is 15.7 Å². The van der Waals surface area contributed by atoms with Crippen molar-refractivity contribution in [1.29, 1.82) is 0 Å². The number of aliphatic carboxylic acids is 1. The second kappa shape index (κ2) is 5.57. The molecule has 0 saturated carbocycles. The zero-order valence-corrected chi connectivity index (χ0v) is 10.8. The Morgan fingerprint density at radius 2 is 1.94 bits per heavy atom. The average Bonchev–Trinajstić information content (AvgIpc) is 2.22. The first kappa shape index (κ1) is 14.1. The summed E-state index contributed by atoms with van der Waals surface area (Å²) in [5, 5.41) is 18.7. The third-order valence-corrected chi connectivity index (χ3v) is 3.89. The summed E-state index contributed by atoms with van der Waals surface area (Å²) < 4.78 is 0. The molecule has 0 saturated heterocycles. The Morgan fingerprint density at radius 3 is 2.29 bits per heavy atom. The molecule has 0 radical (unpaired) electrons. The Labute approximate surface area is 111 Å². The van der Waals surface area contributed by atoms with Gasteiger partial charge in [-0.05, 0) is 6.92 Å². The molecule has 0 amide bonds. The summed E-state index contributed by atoms with van der Waals surface area (Å²) in [5.41, 5.74) is -0.229. The highest BCUT2D eigenvalue weighted by molar-refractivity contribution is 8.00. The molecule has 0 spiro atoms. The predicted molar refractivity (Wildman–Crippen MR) is 66.1 cm³/mol. The molecule has 1 aromatic rings. The van der Waals surface area contributed by atoms with Crippen LogP contribution >= 0.6 is 35.0 Å². The summed E-state index contributed by atoms with van der Waals surface area (Å²) in [6, 6.07) is 2.29. The third-order valence-electron chi connectivity index (χ3n) is 1.84. The van der Waals surface area contributed by atoms with E-state index >= 15 is 0 Å². The molecule has 1 atom stereocenters. The van der Waals surface area contributed by atoms with Crippen molar-refractivity contribution in [1.82, 2.24) is 0 Å². The van der Waals surface area contributed by atoms with Gasteiger partial charge in [-0.3, -0.25) is 14.9 Å². The third kappa shape index (κ3) is 3.49. The van der Waals surface area contributed by atoms with Crippen molar-refractivity contribution in [3.63, 3.8) is 0 Å². The molecule has 1 unspecified atom stereocenters. The van der Waals surface area contributed by atoms with Crippen LogP contribution in [0.4, 0.5) is 5.69 Å². The Hall–Kier alpha value is -0.980. The number of hydrogen-bond donors (Lipinski definition) is 1. The Kier molecular flexibility index (Phi) is 4.62. The molecule has 0 bridgehead atoms. The second-order valence-corrected chi connectivity index (χ2v) is 5.26. The first-order valence-electron chi connectivity index (χ1n) is 4.36. The topological polar surface area (TPSA) is 80.4 Å². The Bertz CT molecular complexity index is 457. The van der Waals surface area contributed by atoms with Gasteiger partial charge in [-0.2, -0.15) is 0 Å². The highest BCUT2D eigenvalue weighted by atomic mass is 35.5. The van der Waals surface area contributed by atoms with Crippen LogP contribution in [0.25, 0.3) is 0 Å². The van der Waals surface area contributed by atoms with E-state index in [0.29, 0.717) is 4.90 Å². The van der Waals surface area contributed by atoms with Crippen molar-refractivity contribution in [2.45, 2.75) is 17.1 Å². The number of carboxylic acid groups (broad SMARTS) is 1. The van der Waals surface area contributed by atoms with Crippen LogP contribution in [-0.4, -0.2) is 21.2 Å². The van der Waals surface area contributed by atoms with E-state index in [1.165, 1.54) is 6.92 Å². The van der Waals surface area contributed by atoms with Gasteiger partial charge >= 0.3 is 5.97 Å². The normalized spacial score (nSPS) is 12.2. The minimum Gasteiger partial charge on any atom is -0.480 e. The zero-order valence-electron chi connectivity index (χ0n) is 8.52. The highest BCUT2D eigenvalue weighted by Crippen LogP contribution is 2.39. The van der Waals surface area contributed by atoms with Crippen LogP contribution in [0, 0.1) is 10.1 Å². The molecule has 0 fully saturated rings. The van der Waals surface area contributed by atoms with E-state index in [1.54, 1.807) is 0 Å². The van der Waals surface area contributed by atoms with Gasteiger partial charge in [-0.25, -0.2) is 0 Å². The SMILES string of the molecule is CC(Sc1c(Cl)cc([N+](=O)[O-])cc1Cl)C(=O)O. The molecule has 5 nitrogen and oxygen atoms in total. The molecule has 8 heteroatoms. The van der Waals surface area contributed by atoms with Gasteiger partial charge in [0.25, 0.3) is 5.69 Å². The van der Waals surface area contributed by atoms with Crippen LogP contribution in [0.15, 0.2) is 17.0 Å². The molecule has 1 aromatic carbocycles. The van der Waals surface area contributed by atoms with Crippen molar-refractivity contribution in [3.05, 3.63) is 32.3 Å². The van der Waals surface area contributed by atoms with Gasteiger partial charge in [0.15, 0.2) is 0 Å². The number of carbonyl (C=O) groups is 1. The van der Waals surface area contributed by atoms with Gasteiger partial charge in [0.2, 0.25) is 0 Å². The second-order valence-electron chi connectivity index (χ2n) is 3.09. The zero-order chi connectivity index (χ0) is 13.2. The quantitative estimate of drug-likeness (QED) is 0.522. The minimum absolute atomic E-state index is 0.0716. The average molecular weight is 296 g/mol. The number of halogens is 2. The smallest absolute Gasteiger partial charge is 0.316 e. The maximum Gasteiger partial charge on any atom is 0.316 e. The Morgan fingerprint density at radius 1 is 1.47 bits per heavy atom. The number of nitro benzene ring substituents is 1. The molecular weight excluding hydrogens is 289 g/mol. The van der Waals surface area contributed by atoms with Crippen molar-refractivity contribution >= 4 is 46.6 Å². The highest BCUT2D eigenvalue weighted by Gasteiger charge is 2.20. The van der Waals surface area contributed by atoms with Crippen LogP contribution < -0.4 is 0 Å². The molecule has 1 rings (SSSR count). The van der Waals surface area contributed by atoms with Gasteiger partial charge < -0.3 is 5.11 Å². The molecule has 0 aromatic heterocycles. The van der Waals surface area contributed by atoms with Crippen molar-refractivity contribution < 1.29 is 14.8 Å². The lowest BCUT2D eigenvalue weighted by Crippen LogP contribution is -2.11. The predicted octanol–water partition coefficient (Wildman–Crippen LogP) is 3.47. The number of thioether (sulfide) groups is 1. The van der Waals surface area contributed by atoms with E-state index in [1.807, 2.05) is 0 Å². The summed E-state index contributed by atoms with van der Waals surface area (Å²) in [5.74, 6) is -1.01. The number of benzene rings is 1. The Balaban J connectivity index is 3.10. The summed E-state index contributed by atoms with van der Waals surface area (Å²) in [4.78, 5) is 20.9. The fraction of sp³-hybridized carbons (Fsp3) is 0.222. The van der Waals surface area contributed by atoms with Crippen LogP contribution in [0.1, 0.15) is 6.92 Å². The number of rotatable bonds is 4. The van der Waals surface area contributed by atoms with Gasteiger partial charge in [0.1, 0.15) is 5.25 Å². The molecule has 92 valence electrons. The fourth-order valence-electron chi connectivity index (χ4n) is 0.992. The first-order valence-corrected chi connectivity index (χ1v) is 5.99. The lowest BCUT2D eigenvalue weighted by atomic mass is 10.3. The van der Waals surface area contributed by atoms with E-state index < -0.39 is 16.1 Å². The first-order chi connectivity index (χ1) is 7.82. The van der Waals surface area contributed by atoms with Crippen molar-refractivity contribution in [3.8, 4) is 0 Å². The maximum absolute atomic E-state index is 10.7. The monoisotopic (exact) mass is 295 g/mol. The van der Waals surface area contributed by atoms with Gasteiger partial charge in [-0.15, -0.1) is 11.8 Å². The molecule has 0 heterocycles. The molecule has 17 heavy (non-hydrogen) atoms. The van der Waals surface area contributed by atoms with E-state index in [9.17, 15) is 14.9 Å². The van der Waals surface area contributed by atoms with E-state index in [2.05, 4.69) is 0 Å². The van der Waals surface area contributed by atoms with E-state index in [4.69, 9.17) is 28.3 Å². The molecule has 0 aliphatic heterocycles. The molecular formula is C9H7Cl2NO4S. The van der Waals surface area contributed by atoms with Crippen LogP contribution in [0.2, 0.25) is 10.0 Å². The molecule has 0 aliphatic carbocycles. The minimum atomic E-state index is -1.01. The van der Waals surface area contributed by atoms with Gasteiger partial charge in [0, 0.05) is 17.0 Å².